The maximum Gasteiger partial charge on any atom is 0.242 e. The number of nitrogens with two attached hydrogens (primary N) is 1. The summed E-state index contributed by atoms with van der Waals surface area (Å²) in [5.41, 5.74) is 8.00. The first-order valence-electron chi connectivity index (χ1n) is 6.39. The zero-order valence-electron chi connectivity index (χ0n) is 12.2. The Morgan fingerprint density at radius 3 is 2.62 bits per heavy atom. The number of H-pyrrole nitrogens is 1. The molecular formula is C13H19N5O2S. The van der Waals surface area contributed by atoms with Gasteiger partial charge >= 0.3 is 0 Å². The average Bonchev–Trinajstić information content (AvgIpc) is 2.94. The molecule has 1 unspecified atom stereocenters. The highest BCUT2D eigenvalue weighted by molar-refractivity contribution is 7.89. The lowest BCUT2D eigenvalue weighted by molar-refractivity contribution is 0.521. The van der Waals surface area contributed by atoms with Crippen molar-refractivity contribution in [3.63, 3.8) is 0 Å². The van der Waals surface area contributed by atoms with Crippen LogP contribution in [0.5, 0.6) is 0 Å². The number of anilines is 2. The van der Waals surface area contributed by atoms with Gasteiger partial charge in [0.15, 0.2) is 0 Å². The van der Waals surface area contributed by atoms with Gasteiger partial charge in [-0.15, -0.1) is 0 Å². The third-order valence-electron chi connectivity index (χ3n) is 3.19. The quantitative estimate of drug-likeness (QED) is 0.725. The van der Waals surface area contributed by atoms with Crippen molar-refractivity contribution in [2.75, 3.05) is 25.1 Å². The Labute approximate surface area is 124 Å². The summed E-state index contributed by atoms with van der Waals surface area (Å²) in [5.74, 6) is 0. The molecule has 0 amide bonds. The van der Waals surface area contributed by atoms with Crippen LogP contribution >= 0.6 is 0 Å². The minimum Gasteiger partial charge on any atom is -0.397 e. The zero-order valence-corrected chi connectivity index (χ0v) is 13.0. The molecule has 0 aliphatic heterocycles. The van der Waals surface area contributed by atoms with Gasteiger partial charge in [0.1, 0.15) is 0 Å². The number of sulfonamides is 1. The molecule has 1 heterocycles. The molecule has 2 rings (SSSR count). The van der Waals surface area contributed by atoms with Crippen LogP contribution < -0.4 is 11.1 Å². The fourth-order valence-electron chi connectivity index (χ4n) is 1.86. The van der Waals surface area contributed by atoms with E-state index in [0.717, 1.165) is 9.87 Å². The molecule has 1 aromatic carbocycles. The summed E-state index contributed by atoms with van der Waals surface area (Å²) in [6.45, 7) is 1.97. The summed E-state index contributed by atoms with van der Waals surface area (Å²) in [6, 6.07) is 4.67. The number of aromatic nitrogens is 2. The molecule has 0 fully saturated rings. The first-order valence-corrected chi connectivity index (χ1v) is 7.83. The van der Waals surface area contributed by atoms with E-state index >= 15 is 0 Å². The fraction of sp³-hybridized carbons (Fsp3) is 0.308. The van der Waals surface area contributed by atoms with Crippen molar-refractivity contribution in [1.82, 2.24) is 14.5 Å². The summed E-state index contributed by atoms with van der Waals surface area (Å²) in [6.07, 6.45) is 3.51. The van der Waals surface area contributed by atoms with Crippen molar-refractivity contribution in [2.24, 2.45) is 0 Å². The number of benzene rings is 1. The Balaban J connectivity index is 2.24. The summed E-state index contributed by atoms with van der Waals surface area (Å²) >= 11 is 0. The van der Waals surface area contributed by atoms with Gasteiger partial charge in [0.25, 0.3) is 0 Å². The molecular weight excluding hydrogens is 290 g/mol. The monoisotopic (exact) mass is 309 g/mol. The molecule has 0 aliphatic carbocycles. The SMILES string of the molecule is CC(Nc1ccc(S(=O)(=O)N(C)C)cc1N)c1cn[nH]c1. The highest BCUT2D eigenvalue weighted by Crippen LogP contribution is 2.27. The molecule has 4 N–H and O–H groups in total. The van der Waals surface area contributed by atoms with E-state index in [9.17, 15) is 8.42 Å². The second-order valence-corrected chi connectivity index (χ2v) is 7.09. The van der Waals surface area contributed by atoms with E-state index in [1.54, 1.807) is 18.5 Å². The van der Waals surface area contributed by atoms with Gasteiger partial charge in [0, 0.05) is 25.9 Å². The lowest BCUT2D eigenvalue weighted by Crippen LogP contribution is -2.22. The van der Waals surface area contributed by atoms with Gasteiger partial charge in [-0.2, -0.15) is 5.10 Å². The number of nitrogen functional groups attached to an aromatic ring is 1. The number of hydrogen-bond donors (Lipinski definition) is 3. The van der Waals surface area contributed by atoms with Crippen LogP contribution in [-0.4, -0.2) is 37.0 Å². The molecule has 0 aliphatic rings. The summed E-state index contributed by atoms with van der Waals surface area (Å²) in [7, 11) is -0.508. The molecule has 21 heavy (non-hydrogen) atoms. The Kier molecular flexibility index (Phi) is 4.19. The van der Waals surface area contributed by atoms with Crippen molar-refractivity contribution < 1.29 is 8.42 Å². The number of aromatic amines is 1. The van der Waals surface area contributed by atoms with Crippen LogP contribution in [0.4, 0.5) is 11.4 Å². The smallest absolute Gasteiger partial charge is 0.242 e. The second-order valence-electron chi connectivity index (χ2n) is 4.93. The molecule has 0 saturated carbocycles. The van der Waals surface area contributed by atoms with Crippen molar-refractivity contribution in [1.29, 1.82) is 0 Å². The van der Waals surface area contributed by atoms with E-state index in [2.05, 4.69) is 15.5 Å². The largest absolute Gasteiger partial charge is 0.397 e. The van der Waals surface area contributed by atoms with Crippen LogP contribution in [0, 0.1) is 0 Å². The molecule has 1 aromatic heterocycles. The number of hydrogen-bond acceptors (Lipinski definition) is 5. The van der Waals surface area contributed by atoms with Gasteiger partial charge in [-0.1, -0.05) is 0 Å². The normalized spacial score (nSPS) is 13.3. The van der Waals surface area contributed by atoms with Gasteiger partial charge in [-0.05, 0) is 25.1 Å². The van der Waals surface area contributed by atoms with Crippen LogP contribution in [0.3, 0.4) is 0 Å². The van der Waals surface area contributed by atoms with Gasteiger partial charge in [-0.25, -0.2) is 12.7 Å². The Hall–Kier alpha value is -2.06. The van der Waals surface area contributed by atoms with Crippen LogP contribution in [0.15, 0.2) is 35.5 Å². The average molecular weight is 309 g/mol. The number of rotatable bonds is 5. The standard InChI is InChI=1S/C13H19N5O2S/c1-9(10-7-15-16-8-10)17-13-5-4-11(6-12(13)14)21(19,20)18(2)3/h4-9,17H,14H2,1-3H3,(H,15,16). The zero-order chi connectivity index (χ0) is 15.6. The van der Waals surface area contributed by atoms with Gasteiger partial charge in [0.2, 0.25) is 10.0 Å². The molecule has 2 aromatic rings. The van der Waals surface area contributed by atoms with E-state index in [1.165, 1.54) is 26.2 Å². The maximum atomic E-state index is 12.0. The lowest BCUT2D eigenvalue weighted by atomic mass is 10.1. The van der Waals surface area contributed by atoms with E-state index in [1.807, 2.05) is 6.92 Å². The van der Waals surface area contributed by atoms with Gasteiger partial charge < -0.3 is 11.1 Å². The summed E-state index contributed by atoms with van der Waals surface area (Å²) < 4.78 is 25.2. The van der Waals surface area contributed by atoms with Crippen LogP contribution in [0.1, 0.15) is 18.5 Å². The van der Waals surface area contributed by atoms with Crippen molar-refractivity contribution in [3.8, 4) is 0 Å². The molecule has 0 bridgehead atoms. The van der Waals surface area contributed by atoms with E-state index in [-0.39, 0.29) is 10.9 Å². The van der Waals surface area contributed by atoms with E-state index in [0.29, 0.717) is 11.4 Å². The number of nitrogens with zero attached hydrogens (tertiary/aromatic N) is 2. The predicted octanol–water partition coefficient (Wildman–Crippen LogP) is 1.42. The van der Waals surface area contributed by atoms with Crippen molar-refractivity contribution >= 4 is 21.4 Å². The van der Waals surface area contributed by atoms with E-state index < -0.39 is 10.0 Å². The van der Waals surface area contributed by atoms with Crippen LogP contribution in [-0.2, 0) is 10.0 Å². The summed E-state index contributed by atoms with van der Waals surface area (Å²) in [4.78, 5) is 0.173. The molecule has 0 spiro atoms. The third kappa shape index (κ3) is 3.17. The van der Waals surface area contributed by atoms with Gasteiger partial charge in [-0.3, -0.25) is 5.10 Å². The Morgan fingerprint density at radius 2 is 2.10 bits per heavy atom. The minimum atomic E-state index is -3.48. The predicted molar refractivity (Wildman–Crippen MR) is 82.4 cm³/mol. The van der Waals surface area contributed by atoms with E-state index in [4.69, 9.17) is 5.73 Å². The van der Waals surface area contributed by atoms with Crippen molar-refractivity contribution in [2.45, 2.75) is 17.9 Å². The van der Waals surface area contributed by atoms with Crippen LogP contribution in [0.2, 0.25) is 0 Å². The first kappa shape index (κ1) is 15.3. The highest BCUT2D eigenvalue weighted by Gasteiger charge is 2.18. The molecule has 0 radical (unpaired) electrons. The van der Waals surface area contributed by atoms with Crippen molar-refractivity contribution in [3.05, 3.63) is 36.2 Å². The second kappa shape index (κ2) is 5.74. The minimum absolute atomic E-state index is 0.00218. The highest BCUT2D eigenvalue weighted by atomic mass is 32.2. The molecule has 7 nitrogen and oxygen atoms in total. The van der Waals surface area contributed by atoms with Gasteiger partial charge in [0.05, 0.1) is 28.5 Å². The lowest BCUT2D eigenvalue weighted by Gasteiger charge is -2.17. The fourth-order valence-corrected chi connectivity index (χ4v) is 2.80. The molecule has 8 heteroatoms. The molecule has 1 atom stereocenters. The first-order chi connectivity index (χ1) is 9.82. The topological polar surface area (TPSA) is 104 Å². The molecule has 0 saturated heterocycles. The Bertz CT molecular complexity index is 710. The molecule has 114 valence electrons. The number of nitrogens with one attached hydrogen (secondary N) is 2. The Morgan fingerprint density at radius 1 is 1.38 bits per heavy atom. The van der Waals surface area contributed by atoms with Crippen LogP contribution in [0.25, 0.3) is 0 Å². The third-order valence-corrected chi connectivity index (χ3v) is 5.00. The summed E-state index contributed by atoms with van der Waals surface area (Å²) in [5, 5.41) is 9.87. The maximum absolute atomic E-state index is 12.0.